The quantitative estimate of drug-likeness (QED) is 0.388. The van der Waals surface area contributed by atoms with E-state index in [2.05, 4.69) is 20.9 Å². The van der Waals surface area contributed by atoms with Gasteiger partial charge in [-0.2, -0.15) is 5.26 Å². The van der Waals surface area contributed by atoms with Crippen LogP contribution in [0.5, 0.6) is 0 Å². The van der Waals surface area contributed by atoms with Gasteiger partial charge in [-0.25, -0.2) is 13.9 Å². The van der Waals surface area contributed by atoms with E-state index in [0.717, 1.165) is 44.6 Å². The minimum absolute atomic E-state index is 0.325. The Kier molecular flexibility index (Phi) is 6.65. The molecule has 1 N–H and O–H groups in total. The Balaban J connectivity index is 1.84. The second-order valence-corrected chi connectivity index (χ2v) is 11.4. The number of fused-ring (bicyclic) bond motifs is 1. The molecule has 0 aliphatic rings. The number of pyridine rings is 1. The first-order valence-electron chi connectivity index (χ1n) is 11.2. The van der Waals surface area contributed by atoms with Gasteiger partial charge in [0.2, 0.25) is 0 Å². The lowest BCUT2D eigenvalue weighted by atomic mass is 9.93. The van der Waals surface area contributed by atoms with Gasteiger partial charge in [0.05, 0.1) is 21.8 Å². The third-order valence-corrected chi connectivity index (χ3v) is 7.35. The fourth-order valence-electron chi connectivity index (χ4n) is 3.81. The van der Waals surface area contributed by atoms with Crippen LogP contribution in [0.2, 0.25) is 0 Å². The number of nitrogens with zero attached hydrogens (tertiary/aromatic N) is 3. The van der Waals surface area contributed by atoms with Gasteiger partial charge in [0, 0.05) is 23.1 Å². The van der Waals surface area contributed by atoms with E-state index in [4.69, 9.17) is 4.52 Å². The van der Waals surface area contributed by atoms with E-state index >= 15 is 0 Å². The summed E-state index contributed by atoms with van der Waals surface area (Å²) < 4.78 is 21.7. The van der Waals surface area contributed by atoms with Crippen molar-refractivity contribution in [1.82, 2.24) is 14.9 Å². The summed E-state index contributed by atoms with van der Waals surface area (Å²) in [5.74, 6) is 0. The number of nitrogens with one attached hydrogen (secondary N) is 1. The minimum atomic E-state index is -1.33. The van der Waals surface area contributed by atoms with Gasteiger partial charge in [0.1, 0.15) is 17.5 Å². The molecule has 2 aromatic carbocycles. The van der Waals surface area contributed by atoms with Gasteiger partial charge >= 0.3 is 0 Å². The van der Waals surface area contributed by atoms with Crippen molar-refractivity contribution in [3.63, 3.8) is 0 Å². The Morgan fingerprint density at radius 2 is 1.88 bits per heavy atom. The van der Waals surface area contributed by atoms with Crippen LogP contribution in [0, 0.1) is 25.2 Å². The van der Waals surface area contributed by atoms with Crippen molar-refractivity contribution in [3.05, 3.63) is 82.7 Å². The molecule has 2 aromatic heterocycles. The average Bonchev–Trinajstić information content (AvgIpc) is 3.22. The summed E-state index contributed by atoms with van der Waals surface area (Å²) in [4.78, 5) is 4.54. The maximum Gasteiger partial charge on any atom is 0.167 e. The Morgan fingerprint density at radius 3 is 2.62 bits per heavy atom. The number of hydrogen-bond acceptors (Lipinski definition) is 5. The van der Waals surface area contributed by atoms with Gasteiger partial charge in [-0.05, 0) is 69.5 Å². The van der Waals surface area contributed by atoms with Crippen LogP contribution in [0.25, 0.3) is 22.2 Å². The smallest absolute Gasteiger partial charge is 0.167 e. The van der Waals surface area contributed by atoms with Gasteiger partial charge in [-0.1, -0.05) is 41.6 Å². The van der Waals surface area contributed by atoms with Crippen LogP contribution < -0.4 is 4.72 Å². The van der Waals surface area contributed by atoms with E-state index in [1.807, 2.05) is 83.1 Å². The molecule has 0 unspecified atom stereocenters. The Hall–Kier alpha value is -3.34. The molecule has 0 radical (unpaired) electrons. The van der Waals surface area contributed by atoms with Crippen LogP contribution in [0.4, 0.5) is 0 Å². The molecular formula is C27H28N4O2S. The van der Waals surface area contributed by atoms with E-state index in [1.54, 1.807) is 6.07 Å². The number of hydrogen-bond donors (Lipinski definition) is 1. The maximum atomic E-state index is 13.2. The molecule has 0 saturated heterocycles. The van der Waals surface area contributed by atoms with E-state index in [1.165, 1.54) is 0 Å². The average molecular weight is 473 g/mol. The molecular weight excluding hydrogens is 444 g/mol. The first-order valence-corrected chi connectivity index (χ1v) is 12.3. The highest BCUT2D eigenvalue weighted by molar-refractivity contribution is 7.84. The van der Waals surface area contributed by atoms with Crippen molar-refractivity contribution >= 4 is 22.0 Å². The Labute approximate surface area is 202 Å². The van der Waals surface area contributed by atoms with Gasteiger partial charge in [-0.15, -0.1) is 0 Å². The molecule has 2 atom stereocenters. The van der Waals surface area contributed by atoms with Crippen LogP contribution in [-0.2, 0) is 17.4 Å². The molecule has 7 heteroatoms. The van der Waals surface area contributed by atoms with Crippen molar-refractivity contribution in [2.75, 3.05) is 0 Å². The molecule has 6 nitrogen and oxygen atoms in total. The monoisotopic (exact) mass is 472 g/mol. The van der Waals surface area contributed by atoms with Crippen molar-refractivity contribution in [3.8, 4) is 17.3 Å². The van der Waals surface area contributed by atoms with Gasteiger partial charge < -0.3 is 4.52 Å². The molecule has 0 spiro atoms. The van der Waals surface area contributed by atoms with E-state index < -0.39 is 15.7 Å². The third kappa shape index (κ3) is 4.93. The number of rotatable bonds is 6. The van der Waals surface area contributed by atoms with Crippen LogP contribution in [-0.4, -0.2) is 19.1 Å². The van der Waals surface area contributed by atoms with E-state index in [9.17, 15) is 9.47 Å². The zero-order chi connectivity index (χ0) is 24.5. The fraction of sp³-hybridized carbons (Fsp3) is 0.296. The molecule has 0 fully saturated rings. The molecule has 174 valence electrons. The summed E-state index contributed by atoms with van der Waals surface area (Å²) in [7, 11) is -1.33. The van der Waals surface area contributed by atoms with Gasteiger partial charge in [0.15, 0.2) is 5.58 Å². The second kappa shape index (κ2) is 9.49. The predicted octanol–water partition coefficient (Wildman–Crippen LogP) is 5.71. The third-order valence-electron chi connectivity index (χ3n) is 5.74. The highest BCUT2D eigenvalue weighted by Gasteiger charge is 2.27. The van der Waals surface area contributed by atoms with E-state index in [0.29, 0.717) is 12.1 Å². The molecule has 0 bridgehead atoms. The van der Waals surface area contributed by atoms with E-state index in [-0.39, 0.29) is 6.04 Å². The number of aryl methyl sites for hydroxylation is 2. The number of nitriles is 1. The first kappa shape index (κ1) is 23.8. The Morgan fingerprint density at radius 1 is 1.12 bits per heavy atom. The molecule has 0 aliphatic carbocycles. The predicted molar refractivity (Wildman–Crippen MR) is 135 cm³/mol. The molecule has 4 rings (SSSR count). The topological polar surface area (TPSA) is 91.8 Å². The maximum absolute atomic E-state index is 13.2. The summed E-state index contributed by atoms with van der Waals surface area (Å²) in [6.45, 7) is 9.80. The lowest BCUT2D eigenvalue weighted by Gasteiger charge is -2.26. The summed E-state index contributed by atoms with van der Waals surface area (Å²) in [5, 5.41) is 14.7. The van der Waals surface area contributed by atoms with Crippen molar-refractivity contribution < 1.29 is 8.73 Å². The lowest BCUT2D eigenvalue weighted by Crippen LogP contribution is -2.37. The molecule has 2 heterocycles. The molecule has 4 aromatic rings. The van der Waals surface area contributed by atoms with Crippen LogP contribution in [0.3, 0.4) is 0 Å². The SMILES string of the molecule is Cc1ccc2c(-c3ccccc3[C@H](Cc3nc(C#N)ccc3C)N[S@@](=O)C(C)(C)C)noc2c1. The number of benzene rings is 2. The van der Waals surface area contributed by atoms with Crippen molar-refractivity contribution in [2.24, 2.45) is 0 Å². The molecule has 0 saturated carbocycles. The Bertz CT molecular complexity index is 1410. The lowest BCUT2D eigenvalue weighted by molar-refractivity contribution is 0.459. The normalized spacial score (nSPS) is 13.5. The fourth-order valence-corrected chi connectivity index (χ4v) is 4.63. The molecule has 0 aliphatic heterocycles. The summed E-state index contributed by atoms with van der Waals surface area (Å²) >= 11 is 0. The van der Waals surface area contributed by atoms with Crippen molar-refractivity contribution in [1.29, 1.82) is 5.26 Å². The summed E-state index contributed by atoms with van der Waals surface area (Å²) in [5.41, 5.74) is 6.55. The molecule has 0 amide bonds. The summed E-state index contributed by atoms with van der Waals surface area (Å²) in [6.07, 6.45) is 0.467. The zero-order valence-corrected chi connectivity index (χ0v) is 20.9. The van der Waals surface area contributed by atoms with Crippen molar-refractivity contribution in [2.45, 2.75) is 51.8 Å². The van der Waals surface area contributed by atoms with Crippen LogP contribution in [0.15, 0.2) is 59.1 Å². The number of aromatic nitrogens is 2. The summed E-state index contributed by atoms with van der Waals surface area (Å²) in [6, 6.07) is 19.4. The largest absolute Gasteiger partial charge is 0.356 e. The standard InChI is InChI=1S/C27H28N4O2S/c1-17-10-13-22-25(14-17)33-30-26(22)21-9-7-6-8-20(21)24(31-34(32)27(3,4)5)15-23-18(2)11-12-19(16-28)29-23/h6-14,24,31H,15H2,1-5H3/t24-,34-/m0/s1. The van der Waals surface area contributed by atoms with Crippen LogP contribution >= 0.6 is 0 Å². The van der Waals surface area contributed by atoms with Crippen LogP contribution in [0.1, 0.15) is 54.9 Å². The first-order chi connectivity index (χ1) is 16.2. The second-order valence-electron chi connectivity index (χ2n) is 9.45. The zero-order valence-electron chi connectivity index (χ0n) is 20.0. The highest BCUT2D eigenvalue weighted by atomic mass is 32.2. The molecule has 34 heavy (non-hydrogen) atoms. The minimum Gasteiger partial charge on any atom is -0.356 e. The van der Waals surface area contributed by atoms with Gasteiger partial charge in [-0.3, -0.25) is 0 Å². The highest BCUT2D eigenvalue weighted by Crippen LogP contribution is 2.35. The van der Waals surface area contributed by atoms with Gasteiger partial charge in [0.25, 0.3) is 0 Å².